The lowest BCUT2D eigenvalue weighted by molar-refractivity contribution is -0.123. The quantitative estimate of drug-likeness (QED) is 0.128. The Labute approximate surface area is 245 Å². The Kier molecular flexibility index (Phi) is 17.2. The van der Waals surface area contributed by atoms with Crippen molar-refractivity contribution in [1.82, 2.24) is 14.9 Å². The predicted molar refractivity (Wildman–Crippen MR) is 164 cm³/mol. The molecule has 10 heteroatoms. The van der Waals surface area contributed by atoms with Gasteiger partial charge in [0.2, 0.25) is 11.8 Å². The van der Waals surface area contributed by atoms with E-state index in [4.69, 9.17) is 15.2 Å². The van der Waals surface area contributed by atoms with Crippen molar-refractivity contribution >= 4 is 24.2 Å². The first-order chi connectivity index (χ1) is 19.9. The van der Waals surface area contributed by atoms with E-state index in [1.807, 2.05) is 20.8 Å². The number of rotatable bonds is 12. The summed E-state index contributed by atoms with van der Waals surface area (Å²) < 4.78 is 11.7. The summed E-state index contributed by atoms with van der Waals surface area (Å²) in [6.07, 6.45) is 20.3. The van der Waals surface area contributed by atoms with Crippen LogP contribution in [0.4, 0.5) is 0 Å². The zero-order valence-electron chi connectivity index (χ0n) is 25.1. The van der Waals surface area contributed by atoms with Crippen molar-refractivity contribution in [3.05, 3.63) is 42.0 Å². The molecule has 0 radical (unpaired) electrons. The molecular weight excluding hydrogens is 520 g/mol. The number of carbonyl (C=O) groups is 2. The lowest BCUT2D eigenvalue weighted by Crippen LogP contribution is -2.30. The second-order valence-corrected chi connectivity index (χ2v) is 9.43. The zero-order chi connectivity index (χ0) is 30.6. The first-order valence-corrected chi connectivity index (χ1v) is 14.3. The highest BCUT2D eigenvalue weighted by atomic mass is 16.5. The number of terminal acetylenes is 1. The largest absolute Gasteiger partial charge is 0.476 e. The van der Waals surface area contributed by atoms with Crippen LogP contribution in [0, 0.1) is 18.8 Å². The van der Waals surface area contributed by atoms with E-state index in [0.29, 0.717) is 42.9 Å². The van der Waals surface area contributed by atoms with Gasteiger partial charge in [-0.2, -0.15) is 0 Å². The minimum Gasteiger partial charge on any atom is -0.476 e. The van der Waals surface area contributed by atoms with E-state index < -0.39 is 0 Å². The number of ketones is 2. The van der Waals surface area contributed by atoms with Gasteiger partial charge in [0.05, 0.1) is 24.4 Å². The second kappa shape index (κ2) is 20.1. The number of hydrogen-bond donors (Lipinski definition) is 1. The minimum absolute atomic E-state index is 0.116. The Morgan fingerprint density at radius 3 is 2.51 bits per heavy atom. The van der Waals surface area contributed by atoms with Crippen LogP contribution >= 0.6 is 0 Å². The molecule has 1 aromatic heterocycles. The smallest absolute Gasteiger partial charge is 0.224 e. The Bertz CT molecular complexity index is 1080. The van der Waals surface area contributed by atoms with Gasteiger partial charge in [-0.3, -0.25) is 9.59 Å². The van der Waals surface area contributed by atoms with Gasteiger partial charge in [0.1, 0.15) is 25.3 Å². The first-order valence-electron chi connectivity index (χ1n) is 14.3. The summed E-state index contributed by atoms with van der Waals surface area (Å²) in [6.45, 7) is 10.8. The number of aliphatic imine (C=N–C) groups is 2. The van der Waals surface area contributed by atoms with Crippen molar-refractivity contribution < 1.29 is 19.1 Å². The lowest BCUT2D eigenvalue weighted by Gasteiger charge is -2.23. The summed E-state index contributed by atoms with van der Waals surface area (Å²) in [7, 11) is 2.06. The van der Waals surface area contributed by atoms with E-state index >= 15 is 0 Å². The molecule has 2 fully saturated rings. The van der Waals surface area contributed by atoms with Gasteiger partial charge < -0.3 is 20.1 Å². The number of allylic oxidation sites excluding steroid dienone is 1. The highest BCUT2D eigenvalue weighted by Gasteiger charge is 2.28. The van der Waals surface area contributed by atoms with E-state index in [2.05, 4.69) is 51.5 Å². The van der Waals surface area contributed by atoms with Gasteiger partial charge in [0, 0.05) is 23.7 Å². The van der Waals surface area contributed by atoms with Crippen molar-refractivity contribution in [3.8, 4) is 18.6 Å². The number of carbonyl (C=O) groups excluding carboxylic acids is 2. The van der Waals surface area contributed by atoms with Crippen LogP contribution in [0.1, 0.15) is 72.1 Å². The van der Waals surface area contributed by atoms with Gasteiger partial charge in [-0.15, -0.1) is 12.8 Å². The molecular formula is C31H46N6O4. The van der Waals surface area contributed by atoms with E-state index in [9.17, 15) is 9.59 Å². The summed E-state index contributed by atoms with van der Waals surface area (Å²) in [4.78, 5) is 44.2. The number of likely N-dealkylation sites (N-methyl/N-ethyl adjacent to an activating group) is 1. The molecule has 0 aromatic carbocycles. The average molecular weight is 567 g/mol. The van der Waals surface area contributed by atoms with E-state index in [1.54, 1.807) is 0 Å². The highest BCUT2D eigenvalue weighted by molar-refractivity contribution is 6.00. The Morgan fingerprint density at radius 1 is 1.22 bits per heavy atom. The molecule has 0 spiro atoms. The predicted octanol–water partition coefficient (Wildman–Crippen LogP) is 4.52. The van der Waals surface area contributed by atoms with E-state index in [0.717, 1.165) is 38.6 Å². The highest BCUT2D eigenvalue weighted by Crippen LogP contribution is 2.28. The molecule has 1 saturated carbocycles. The number of hydrogen-bond acceptors (Lipinski definition) is 10. The van der Waals surface area contributed by atoms with Crippen LogP contribution in [0.3, 0.4) is 0 Å². The van der Waals surface area contributed by atoms with Crippen molar-refractivity contribution in [3.63, 3.8) is 0 Å². The second-order valence-electron chi connectivity index (χ2n) is 9.43. The number of nitrogens with zero attached hydrogens (tertiary/aromatic N) is 5. The molecule has 0 bridgehead atoms. The Hall–Kier alpha value is -3.84. The first kappa shape index (κ1) is 35.2. The van der Waals surface area contributed by atoms with Crippen LogP contribution in [-0.2, 0) is 14.3 Å². The number of nitrogens with two attached hydrogens (primary N) is 1. The molecule has 41 heavy (non-hydrogen) atoms. The summed E-state index contributed by atoms with van der Waals surface area (Å²) in [5, 5.41) is 0. The molecule has 1 unspecified atom stereocenters. The topological polar surface area (TPSA) is 132 Å². The van der Waals surface area contributed by atoms with E-state index in [-0.39, 0.29) is 41.9 Å². The Balaban J connectivity index is 0.00000201. The van der Waals surface area contributed by atoms with Crippen molar-refractivity contribution in [1.29, 1.82) is 0 Å². The van der Waals surface area contributed by atoms with Gasteiger partial charge >= 0.3 is 0 Å². The lowest BCUT2D eigenvalue weighted by atomic mass is 9.83. The fourth-order valence-corrected chi connectivity index (χ4v) is 4.64. The maximum Gasteiger partial charge on any atom is 0.224 e. The van der Waals surface area contributed by atoms with Crippen LogP contribution in [0.2, 0.25) is 0 Å². The van der Waals surface area contributed by atoms with Gasteiger partial charge in [0.25, 0.3) is 0 Å². The summed E-state index contributed by atoms with van der Waals surface area (Å²) >= 11 is 0. The van der Waals surface area contributed by atoms with Crippen LogP contribution in [0.25, 0.3) is 0 Å². The monoisotopic (exact) mass is 566 g/mol. The molecule has 2 aliphatic rings. The number of Topliss-reactive ketones (excluding diaryl/α,β-unsaturated/α-hetero) is 2. The third-order valence-corrected chi connectivity index (χ3v) is 6.75. The maximum atomic E-state index is 13.3. The molecule has 2 atom stereocenters. The normalized spacial score (nSPS) is 20.0. The zero-order valence-corrected chi connectivity index (χ0v) is 25.1. The molecule has 2 N–H and O–H groups in total. The fourth-order valence-electron chi connectivity index (χ4n) is 4.64. The third kappa shape index (κ3) is 11.7. The molecule has 1 aromatic rings. The van der Waals surface area contributed by atoms with Gasteiger partial charge in [-0.25, -0.2) is 20.0 Å². The third-order valence-electron chi connectivity index (χ3n) is 6.75. The number of likely N-dealkylation sites (tertiary alicyclic amines) is 1. The summed E-state index contributed by atoms with van der Waals surface area (Å²) in [5.41, 5.74) is 7.30. The van der Waals surface area contributed by atoms with Crippen molar-refractivity contribution in [2.45, 2.75) is 78.2 Å². The molecule has 224 valence electrons. The molecule has 1 aliphatic heterocycles. The summed E-state index contributed by atoms with van der Waals surface area (Å²) in [6, 6.07) is 0.251. The number of ether oxygens (including phenoxy) is 2. The molecule has 10 nitrogen and oxygen atoms in total. The van der Waals surface area contributed by atoms with Crippen molar-refractivity contribution in [2.24, 2.45) is 21.6 Å². The van der Waals surface area contributed by atoms with Crippen LogP contribution in [0.15, 0.2) is 51.9 Å². The molecule has 1 saturated heterocycles. The maximum absolute atomic E-state index is 13.3. The fraction of sp³-hybridized carbons (Fsp3) is 0.548. The molecule has 2 heterocycles. The van der Waals surface area contributed by atoms with Crippen molar-refractivity contribution in [2.75, 3.05) is 26.7 Å². The van der Waals surface area contributed by atoms with Crippen LogP contribution in [0.5, 0.6) is 5.75 Å². The van der Waals surface area contributed by atoms with E-state index in [1.165, 1.54) is 24.8 Å². The van der Waals surface area contributed by atoms with Gasteiger partial charge in [-0.1, -0.05) is 33.6 Å². The SMILES string of the molecule is C#C.C=N/C(=C\C(=NCC(=O)/C(CCC)=C(\N)[C@H]1CCCCC1=O)OCC1CCCN1C)Oc1cncnc1.CC. The van der Waals surface area contributed by atoms with Crippen LogP contribution in [-0.4, -0.2) is 71.8 Å². The van der Waals surface area contributed by atoms with Gasteiger partial charge in [0.15, 0.2) is 11.5 Å². The molecule has 1 aliphatic carbocycles. The average Bonchev–Trinajstić information content (AvgIpc) is 3.43. The molecule has 3 rings (SSSR count). The summed E-state index contributed by atoms with van der Waals surface area (Å²) in [5.74, 6) is 0.245. The molecule has 0 amide bonds. The minimum atomic E-state index is -0.380. The number of aromatic nitrogens is 2. The Morgan fingerprint density at radius 2 is 1.93 bits per heavy atom. The van der Waals surface area contributed by atoms with Gasteiger partial charge in [-0.05, 0) is 52.4 Å². The standard InChI is InChI=1S/C27H38N6O4.C2H6.C2H2/c1-4-8-21(27(28)22-10-5-6-11-23(22)34)24(35)16-32-26(36-17-19-9-7-12-33(19)3)13-25(29-2)37-20-14-30-18-31-15-20;2*1-2/h13-15,18-19,22H,2,4-12,16-17,28H2,1,3H3;1-2H3;1-2H/b25-13+,27-21-,32-26?;;/t19?,22-;;/m0../s1. The van der Waals surface area contributed by atoms with Crippen LogP contribution < -0.4 is 10.5 Å².